The van der Waals surface area contributed by atoms with Crippen molar-refractivity contribution in [3.63, 3.8) is 0 Å². The van der Waals surface area contributed by atoms with Crippen LogP contribution < -0.4 is 10.2 Å². The SMILES string of the molecule is Cc1ccc(C(=O)OCC(=O)NCc2ccc(N(C)C)cc2)o1. The van der Waals surface area contributed by atoms with Gasteiger partial charge in [-0.15, -0.1) is 0 Å². The number of hydrogen-bond acceptors (Lipinski definition) is 5. The molecule has 0 aliphatic carbocycles. The van der Waals surface area contributed by atoms with Crippen LogP contribution in [0.1, 0.15) is 21.9 Å². The van der Waals surface area contributed by atoms with Gasteiger partial charge >= 0.3 is 5.97 Å². The second-order valence-corrected chi connectivity index (χ2v) is 5.32. The van der Waals surface area contributed by atoms with Gasteiger partial charge in [0.2, 0.25) is 5.76 Å². The summed E-state index contributed by atoms with van der Waals surface area (Å²) in [5.41, 5.74) is 2.06. The summed E-state index contributed by atoms with van der Waals surface area (Å²) in [5, 5.41) is 2.70. The summed E-state index contributed by atoms with van der Waals surface area (Å²) in [4.78, 5) is 25.3. The Morgan fingerprint density at radius 3 is 2.39 bits per heavy atom. The second kappa shape index (κ2) is 7.49. The highest BCUT2D eigenvalue weighted by Crippen LogP contribution is 2.12. The Hall–Kier alpha value is -2.76. The van der Waals surface area contributed by atoms with E-state index in [1.807, 2.05) is 43.3 Å². The van der Waals surface area contributed by atoms with E-state index in [1.165, 1.54) is 6.07 Å². The molecule has 0 aliphatic heterocycles. The molecule has 0 fully saturated rings. The standard InChI is InChI=1S/C17H20N2O4/c1-12-4-9-15(23-12)17(21)22-11-16(20)18-10-13-5-7-14(8-6-13)19(2)3/h4-9H,10-11H2,1-3H3,(H,18,20). The Morgan fingerprint density at radius 2 is 1.83 bits per heavy atom. The Kier molecular flexibility index (Phi) is 5.41. The number of anilines is 1. The third-order valence-corrected chi connectivity index (χ3v) is 3.22. The highest BCUT2D eigenvalue weighted by molar-refractivity contribution is 5.88. The Bertz CT molecular complexity index is 674. The van der Waals surface area contributed by atoms with Crippen molar-refractivity contribution in [3.8, 4) is 0 Å². The number of aryl methyl sites for hydroxylation is 1. The van der Waals surface area contributed by atoms with Crippen LogP contribution in [0.5, 0.6) is 0 Å². The molecule has 0 bridgehead atoms. The average molecular weight is 316 g/mol. The van der Waals surface area contributed by atoms with Crippen molar-refractivity contribution >= 4 is 17.6 Å². The number of hydrogen-bond donors (Lipinski definition) is 1. The molecule has 1 aromatic carbocycles. The van der Waals surface area contributed by atoms with Gasteiger partial charge in [0.1, 0.15) is 5.76 Å². The molecule has 0 spiro atoms. The molecule has 6 heteroatoms. The number of furan rings is 1. The third-order valence-electron chi connectivity index (χ3n) is 3.22. The first-order chi connectivity index (χ1) is 11.0. The van der Waals surface area contributed by atoms with Crippen LogP contribution in [0, 0.1) is 6.92 Å². The van der Waals surface area contributed by atoms with Gasteiger partial charge in [0.05, 0.1) is 0 Å². The first kappa shape index (κ1) is 16.6. The molecule has 0 radical (unpaired) electrons. The van der Waals surface area contributed by atoms with E-state index in [0.717, 1.165) is 11.3 Å². The van der Waals surface area contributed by atoms with Crippen LogP contribution in [0.4, 0.5) is 5.69 Å². The molecule has 0 atom stereocenters. The van der Waals surface area contributed by atoms with Crippen LogP contribution in [-0.2, 0) is 16.1 Å². The number of rotatable bonds is 6. The minimum atomic E-state index is -0.649. The predicted octanol–water partition coefficient (Wildman–Crippen LogP) is 2.13. The van der Waals surface area contributed by atoms with Gasteiger partial charge in [-0.2, -0.15) is 0 Å². The van der Waals surface area contributed by atoms with Gasteiger partial charge < -0.3 is 19.4 Å². The summed E-state index contributed by atoms with van der Waals surface area (Å²) >= 11 is 0. The molecule has 2 aromatic rings. The molecule has 1 N–H and O–H groups in total. The molecule has 1 aromatic heterocycles. The number of nitrogens with one attached hydrogen (secondary N) is 1. The fourth-order valence-electron chi connectivity index (χ4n) is 1.91. The van der Waals surface area contributed by atoms with Gasteiger partial charge in [0.15, 0.2) is 6.61 Å². The van der Waals surface area contributed by atoms with Gasteiger partial charge in [-0.1, -0.05) is 12.1 Å². The highest BCUT2D eigenvalue weighted by atomic mass is 16.5. The Labute approximate surface area is 135 Å². The van der Waals surface area contributed by atoms with Crippen LogP contribution in [0.15, 0.2) is 40.8 Å². The number of nitrogens with zero attached hydrogens (tertiary/aromatic N) is 1. The lowest BCUT2D eigenvalue weighted by Crippen LogP contribution is -2.28. The number of esters is 1. The van der Waals surface area contributed by atoms with Crippen LogP contribution in [0.3, 0.4) is 0 Å². The van der Waals surface area contributed by atoms with Crippen molar-refractivity contribution in [3.05, 3.63) is 53.5 Å². The molecular weight excluding hydrogens is 296 g/mol. The van der Waals surface area contributed by atoms with E-state index in [4.69, 9.17) is 9.15 Å². The van der Waals surface area contributed by atoms with E-state index in [2.05, 4.69) is 5.32 Å². The van der Waals surface area contributed by atoms with Crippen molar-refractivity contribution in [2.75, 3.05) is 25.6 Å². The van der Waals surface area contributed by atoms with Crippen LogP contribution in [0.25, 0.3) is 0 Å². The summed E-state index contributed by atoms with van der Waals surface area (Å²) in [5.74, 6) is -0.306. The molecule has 122 valence electrons. The van der Waals surface area contributed by atoms with Crippen molar-refractivity contribution in [1.82, 2.24) is 5.32 Å². The van der Waals surface area contributed by atoms with Gasteiger partial charge in [0, 0.05) is 26.3 Å². The summed E-state index contributed by atoms with van der Waals surface area (Å²) in [6.07, 6.45) is 0. The van der Waals surface area contributed by atoms with Gasteiger partial charge in [-0.25, -0.2) is 4.79 Å². The van der Waals surface area contributed by atoms with Gasteiger partial charge in [-0.05, 0) is 36.8 Å². The van der Waals surface area contributed by atoms with Crippen LogP contribution in [0.2, 0.25) is 0 Å². The zero-order valence-corrected chi connectivity index (χ0v) is 13.5. The van der Waals surface area contributed by atoms with Gasteiger partial charge in [0.25, 0.3) is 5.91 Å². The minimum Gasteiger partial charge on any atom is -0.454 e. The third kappa shape index (κ3) is 4.88. The van der Waals surface area contributed by atoms with E-state index < -0.39 is 5.97 Å². The molecule has 1 heterocycles. The lowest BCUT2D eigenvalue weighted by molar-refractivity contribution is -0.124. The predicted molar refractivity (Wildman–Crippen MR) is 86.3 cm³/mol. The number of amides is 1. The summed E-state index contributed by atoms with van der Waals surface area (Å²) < 4.78 is 10.0. The van der Waals surface area contributed by atoms with E-state index >= 15 is 0 Å². The summed E-state index contributed by atoms with van der Waals surface area (Å²) in [6.45, 7) is 1.77. The average Bonchev–Trinajstić information content (AvgIpc) is 2.97. The number of benzene rings is 1. The number of carbonyl (C=O) groups is 2. The summed E-state index contributed by atoms with van der Waals surface area (Å²) in [7, 11) is 3.93. The molecule has 0 unspecified atom stereocenters. The first-order valence-corrected chi connectivity index (χ1v) is 7.22. The van der Waals surface area contributed by atoms with Crippen molar-refractivity contribution in [2.24, 2.45) is 0 Å². The lowest BCUT2D eigenvalue weighted by atomic mass is 10.2. The normalized spacial score (nSPS) is 10.2. The second-order valence-electron chi connectivity index (χ2n) is 5.32. The molecular formula is C17H20N2O4. The quantitative estimate of drug-likeness (QED) is 0.827. The molecule has 2 rings (SSSR count). The fourth-order valence-corrected chi connectivity index (χ4v) is 1.91. The van der Waals surface area contributed by atoms with Crippen LogP contribution in [-0.4, -0.2) is 32.6 Å². The Balaban J connectivity index is 1.75. The maximum absolute atomic E-state index is 11.7. The zero-order chi connectivity index (χ0) is 16.8. The monoisotopic (exact) mass is 316 g/mol. The topological polar surface area (TPSA) is 71.8 Å². The molecule has 0 saturated heterocycles. The van der Waals surface area contributed by atoms with Crippen molar-refractivity contribution in [1.29, 1.82) is 0 Å². The van der Waals surface area contributed by atoms with Gasteiger partial charge in [-0.3, -0.25) is 4.79 Å². The molecule has 1 amide bonds. The number of carbonyl (C=O) groups excluding carboxylic acids is 2. The van der Waals surface area contributed by atoms with E-state index in [0.29, 0.717) is 12.3 Å². The van der Waals surface area contributed by atoms with E-state index in [9.17, 15) is 9.59 Å². The van der Waals surface area contributed by atoms with E-state index in [-0.39, 0.29) is 18.3 Å². The number of ether oxygens (including phenoxy) is 1. The van der Waals surface area contributed by atoms with E-state index in [1.54, 1.807) is 13.0 Å². The Morgan fingerprint density at radius 1 is 1.13 bits per heavy atom. The maximum atomic E-state index is 11.7. The lowest BCUT2D eigenvalue weighted by Gasteiger charge is -2.12. The minimum absolute atomic E-state index is 0.0922. The van der Waals surface area contributed by atoms with Crippen LogP contribution >= 0.6 is 0 Å². The molecule has 6 nitrogen and oxygen atoms in total. The first-order valence-electron chi connectivity index (χ1n) is 7.22. The maximum Gasteiger partial charge on any atom is 0.374 e. The summed E-state index contributed by atoms with van der Waals surface area (Å²) in [6, 6.07) is 11.0. The van der Waals surface area contributed by atoms with Crippen molar-refractivity contribution in [2.45, 2.75) is 13.5 Å². The largest absolute Gasteiger partial charge is 0.454 e. The molecule has 23 heavy (non-hydrogen) atoms. The highest BCUT2D eigenvalue weighted by Gasteiger charge is 2.13. The molecule has 0 saturated carbocycles. The fraction of sp³-hybridized carbons (Fsp3) is 0.294. The molecule has 0 aliphatic rings. The van der Waals surface area contributed by atoms with Crippen molar-refractivity contribution < 1.29 is 18.7 Å². The smallest absolute Gasteiger partial charge is 0.374 e. The zero-order valence-electron chi connectivity index (χ0n) is 13.5.